The summed E-state index contributed by atoms with van der Waals surface area (Å²) in [5.41, 5.74) is 1.07. The molecule has 1 heterocycles. The van der Waals surface area contributed by atoms with E-state index in [1.807, 2.05) is 26.2 Å². The van der Waals surface area contributed by atoms with Gasteiger partial charge in [0.2, 0.25) is 0 Å². The average molecular weight is 227 g/mol. The van der Waals surface area contributed by atoms with Gasteiger partial charge in [0.05, 0.1) is 12.8 Å². The van der Waals surface area contributed by atoms with E-state index < -0.39 is 0 Å². The molecule has 2 N–H and O–H groups in total. The molecule has 5 heteroatoms. The molecular formula is C10H17N3OS. The van der Waals surface area contributed by atoms with Gasteiger partial charge in [-0.1, -0.05) is 0 Å². The van der Waals surface area contributed by atoms with Crippen molar-refractivity contribution < 1.29 is 5.11 Å². The van der Waals surface area contributed by atoms with Crippen molar-refractivity contribution in [3.63, 3.8) is 0 Å². The van der Waals surface area contributed by atoms with E-state index in [-0.39, 0.29) is 17.9 Å². The number of aromatic nitrogens is 2. The van der Waals surface area contributed by atoms with E-state index >= 15 is 0 Å². The topological polar surface area (TPSA) is 58.0 Å². The van der Waals surface area contributed by atoms with Gasteiger partial charge in [0.1, 0.15) is 5.82 Å². The molecule has 0 aliphatic heterocycles. The van der Waals surface area contributed by atoms with Crippen LogP contribution in [0.5, 0.6) is 0 Å². The lowest BCUT2D eigenvalue weighted by atomic mass is 10.2. The maximum absolute atomic E-state index is 9.13. The minimum absolute atomic E-state index is 0.161. The normalized spacial score (nSPS) is 14.7. The summed E-state index contributed by atoms with van der Waals surface area (Å²) in [6.45, 7) is 4.17. The summed E-state index contributed by atoms with van der Waals surface area (Å²) < 4.78 is 0. The van der Waals surface area contributed by atoms with E-state index in [1.54, 1.807) is 18.0 Å². The summed E-state index contributed by atoms with van der Waals surface area (Å²) in [4.78, 5) is 0. The second-order valence-corrected chi connectivity index (χ2v) is 4.58. The summed E-state index contributed by atoms with van der Waals surface area (Å²) in [5, 5.41) is 20.4. The third-order valence-corrected chi connectivity index (χ3v) is 3.37. The van der Waals surface area contributed by atoms with Gasteiger partial charge in [-0.05, 0) is 31.7 Å². The van der Waals surface area contributed by atoms with Gasteiger partial charge >= 0.3 is 0 Å². The first kappa shape index (κ1) is 12.3. The highest BCUT2D eigenvalue weighted by Crippen LogP contribution is 2.14. The average Bonchev–Trinajstić information content (AvgIpc) is 2.19. The Morgan fingerprint density at radius 1 is 1.60 bits per heavy atom. The zero-order valence-corrected chi connectivity index (χ0v) is 10.1. The van der Waals surface area contributed by atoms with Gasteiger partial charge in [-0.15, -0.1) is 5.10 Å². The molecule has 0 spiro atoms. The van der Waals surface area contributed by atoms with Gasteiger partial charge in [0.15, 0.2) is 0 Å². The Labute approximate surface area is 94.5 Å². The van der Waals surface area contributed by atoms with Crippen LogP contribution in [0.4, 0.5) is 5.82 Å². The van der Waals surface area contributed by atoms with Crippen molar-refractivity contribution >= 4 is 17.6 Å². The van der Waals surface area contributed by atoms with Crippen LogP contribution in [-0.4, -0.2) is 39.5 Å². The molecule has 2 unspecified atom stereocenters. The Balaban J connectivity index is 2.61. The predicted octanol–water partition coefficient (Wildman–Crippen LogP) is 1.31. The number of anilines is 1. The molecule has 0 aliphatic carbocycles. The molecule has 0 aliphatic rings. The summed E-state index contributed by atoms with van der Waals surface area (Å²) in [5.74, 6) is 0.759. The van der Waals surface area contributed by atoms with Crippen molar-refractivity contribution in [3.05, 3.63) is 17.8 Å². The van der Waals surface area contributed by atoms with E-state index in [4.69, 9.17) is 5.11 Å². The van der Waals surface area contributed by atoms with E-state index in [0.29, 0.717) is 0 Å². The Hall–Kier alpha value is -0.810. The second kappa shape index (κ2) is 5.92. The molecule has 4 nitrogen and oxygen atoms in total. The number of hydrogen-bond acceptors (Lipinski definition) is 5. The molecule has 1 aromatic heterocycles. The van der Waals surface area contributed by atoms with Crippen LogP contribution in [0.15, 0.2) is 12.3 Å². The third kappa shape index (κ3) is 3.68. The standard InChI is InChI=1S/C10H17N3OS/c1-7-4-10(13-11-5-7)12-8(2)9(6-14)15-3/h4-5,8-9,14H,6H2,1-3H3,(H,12,13). The molecule has 0 saturated carbocycles. The van der Waals surface area contributed by atoms with Crippen LogP contribution in [0.25, 0.3) is 0 Å². The van der Waals surface area contributed by atoms with Crippen LogP contribution in [0.2, 0.25) is 0 Å². The van der Waals surface area contributed by atoms with Crippen LogP contribution in [0.1, 0.15) is 12.5 Å². The molecule has 15 heavy (non-hydrogen) atoms. The molecule has 2 atom stereocenters. The van der Waals surface area contributed by atoms with Gasteiger partial charge in [0, 0.05) is 11.3 Å². The fraction of sp³-hybridized carbons (Fsp3) is 0.600. The van der Waals surface area contributed by atoms with E-state index in [0.717, 1.165) is 11.4 Å². The fourth-order valence-corrected chi connectivity index (χ4v) is 1.92. The second-order valence-electron chi connectivity index (χ2n) is 3.51. The van der Waals surface area contributed by atoms with Crippen molar-refractivity contribution in [1.29, 1.82) is 0 Å². The van der Waals surface area contributed by atoms with Crippen molar-refractivity contribution in [2.24, 2.45) is 0 Å². The SMILES string of the molecule is CSC(CO)C(C)Nc1cc(C)cnn1. The number of nitrogens with one attached hydrogen (secondary N) is 1. The summed E-state index contributed by atoms with van der Waals surface area (Å²) in [6, 6.07) is 2.11. The van der Waals surface area contributed by atoms with Crippen LogP contribution in [0, 0.1) is 6.92 Å². The number of aryl methyl sites for hydroxylation is 1. The number of aliphatic hydroxyl groups excluding tert-OH is 1. The van der Waals surface area contributed by atoms with Crippen LogP contribution in [-0.2, 0) is 0 Å². The lowest BCUT2D eigenvalue weighted by Crippen LogP contribution is -2.31. The summed E-state index contributed by atoms with van der Waals surface area (Å²) in [7, 11) is 0. The third-order valence-electron chi connectivity index (χ3n) is 2.21. The molecular weight excluding hydrogens is 210 g/mol. The van der Waals surface area contributed by atoms with Crippen LogP contribution < -0.4 is 5.32 Å². The molecule has 0 fully saturated rings. The number of hydrogen-bond donors (Lipinski definition) is 2. The van der Waals surface area contributed by atoms with Gasteiger partial charge < -0.3 is 10.4 Å². The smallest absolute Gasteiger partial charge is 0.149 e. The molecule has 0 radical (unpaired) electrons. The lowest BCUT2D eigenvalue weighted by Gasteiger charge is -2.21. The number of aliphatic hydroxyl groups is 1. The first-order valence-electron chi connectivity index (χ1n) is 4.87. The molecule has 0 amide bonds. The highest BCUT2D eigenvalue weighted by Gasteiger charge is 2.15. The number of thioether (sulfide) groups is 1. The molecule has 84 valence electrons. The van der Waals surface area contributed by atoms with Gasteiger partial charge in [-0.2, -0.15) is 16.9 Å². The zero-order valence-electron chi connectivity index (χ0n) is 9.27. The molecule has 0 bridgehead atoms. The zero-order chi connectivity index (χ0) is 11.3. The van der Waals surface area contributed by atoms with Crippen molar-refractivity contribution in [3.8, 4) is 0 Å². The maximum atomic E-state index is 9.13. The van der Waals surface area contributed by atoms with Crippen LogP contribution >= 0.6 is 11.8 Å². The molecule has 1 aromatic rings. The molecule has 1 rings (SSSR count). The number of rotatable bonds is 5. The fourth-order valence-electron chi connectivity index (χ4n) is 1.30. The van der Waals surface area contributed by atoms with Gasteiger partial charge in [-0.3, -0.25) is 0 Å². The molecule has 0 saturated heterocycles. The Morgan fingerprint density at radius 2 is 2.33 bits per heavy atom. The summed E-state index contributed by atoms with van der Waals surface area (Å²) >= 11 is 1.64. The minimum Gasteiger partial charge on any atom is -0.395 e. The number of nitrogens with zero attached hydrogens (tertiary/aromatic N) is 2. The van der Waals surface area contributed by atoms with E-state index in [2.05, 4.69) is 15.5 Å². The Bertz CT molecular complexity index is 304. The van der Waals surface area contributed by atoms with Crippen molar-refractivity contribution in [2.75, 3.05) is 18.2 Å². The largest absolute Gasteiger partial charge is 0.395 e. The maximum Gasteiger partial charge on any atom is 0.149 e. The lowest BCUT2D eigenvalue weighted by molar-refractivity contribution is 0.288. The van der Waals surface area contributed by atoms with Crippen molar-refractivity contribution in [1.82, 2.24) is 10.2 Å². The van der Waals surface area contributed by atoms with E-state index in [1.165, 1.54) is 0 Å². The predicted molar refractivity (Wildman–Crippen MR) is 64.2 cm³/mol. The van der Waals surface area contributed by atoms with E-state index in [9.17, 15) is 0 Å². The highest BCUT2D eigenvalue weighted by molar-refractivity contribution is 7.99. The quantitative estimate of drug-likeness (QED) is 0.794. The van der Waals surface area contributed by atoms with Gasteiger partial charge in [0.25, 0.3) is 0 Å². The summed E-state index contributed by atoms with van der Waals surface area (Å²) in [6.07, 6.45) is 3.70. The first-order valence-corrected chi connectivity index (χ1v) is 6.15. The molecule has 0 aromatic carbocycles. The minimum atomic E-state index is 0.161. The van der Waals surface area contributed by atoms with Crippen LogP contribution in [0.3, 0.4) is 0 Å². The Morgan fingerprint density at radius 3 is 2.87 bits per heavy atom. The first-order chi connectivity index (χ1) is 7.17. The van der Waals surface area contributed by atoms with Crippen molar-refractivity contribution in [2.45, 2.75) is 25.1 Å². The monoisotopic (exact) mass is 227 g/mol. The highest BCUT2D eigenvalue weighted by atomic mass is 32.2. The van der Waals surface area contributed by atoms with Gasteiger partial charge in [-0.25, -0.2) is 0 Å². The Kier molecular flexibility index (Phi) is 4.84.